The van der Waals surface area contributed by atoms with Crippen molar-refractivity contribution in [2.75, 3.05) is 6.54 Å². The molecule has 5 fully saturated rings. The van der Waals surface area contributed by atoms with Crippen molar-refractivity contribution in [2.24, 2.45) is 17.8 Å². The molecule has 3 aromatic heterocycles. The Morgan fingerprint density at radius 3 is 2.57 bits per heavy atom. The van der Waals surface area contributed by atoms with Crippen molar-refractivity contribution in [1.29, 1.82) is 0 Å². The molecule has 1 unspecified atom stereocenters. The monoisotopic (exact) mass is 624 g/mol. The summed E-state index contributed by atoms with van der Waals surface area (Å²) in [4.78, 5) is 30.5. The molecule has 0 radical (unpaired) electrons. The van der Waals surface area contributed by atoms with Gasteiger partial charge in [-0.15, -0.1) is 0 Å². The van der Waals surface area contributed by atoms with Gasteiger partial charge >= 0.3 is 6.18 Å². The van der Waals surface area contributed by atoms with Crippen molar-refractivity contribution in [3.05, 3.63) is 47.2 Å². The van der Waals surface area contributed by atoms with E-state index in [-0.39, 0.29) is 69.3 Å². The maximum absolute atomic E-state index is 14.2. The molecule has 8 rings (SSSR count). The summed E-state index contributed by atoms with van der Waals surface area (Å²) in [5, 5.41) is 13.8. The van der Waals surface area contributed by atoms with Gasteiger partial charge in [-0.05, 0) is 56.6 Å². The summed E-state index contributed by atoms with van der Waals surface area (Å²) in [7, 11) is 0. The molecule has 4 heterocycles. The van der Waals surface area contributed by atoms with Crippen molar-refractivity contribution in [3.63, 3.8) is 0 Å². The van der Waals surface area contributed by atoms with E-state index in [0.29, 0.717) is 22.7 Å². The number of halogens is 6. The van der Waals surface area contributed by atoms with Gasteiger partial charge in [-0.3, -0.25) is 9.59 Å². The van der Waals surface area contributed by atoms with Gasteiger partial charge in [0.05, 0.1) is 29.5 Å². The van der Waals surface area contributed by atoms with Crippen LogP contribution in [0.1, 0.15) is 84.8 Å². The predicted molar refractivity (Wildman–Crippen MR) is 140 cm³/mol. The van der Waals surface area contributed by atoms with E-state index in [9.17, 15) is 35.9 Å². The second-order valence-corrected chi connectivity index (χ2v) is 13.1. The summed E-state index contributed by atoms with van der Waals surface area (Å²) in [5.74, 6) is -6.73. The van der Waals surface area contributed by atoms with Crippen LogP contribution in [-0.2, 0) is 16.6 Å². The number of carbonyl (C=O) groups excluding carboxylic acids is 2. The van der Waals surface area contributed by atoms with Crippen LogP contribution in [0.4, 0.5) is 26.3 Å². The molecular formula is C29H30F6N6O3. The minimum atomic E-state index is -4.42. The first-order valence-electron chi connectivity index (χ1n) is 14.7. The number of piperidine rings is 1. The molecule has 1 aliphatic heterocycles. The highest BCUT2D eigenvalue weighted by Gasteiger charge is 2.71. The number of rotatable bonds is 7. The van der Waals surface area contributed by atoms with Crippen LogP contribution in [0.2, 0.25) is 0 Å². The molecule has 15 heteroatoms. The third kappa shape index (κ3) is 5.11. The first-order chi connectivity index (χ1) is 20.7. The van der Waals surface area contributed by atoms with Crippen molar-refractivity contribution in [3.8, 4) is 0 Å². The van der Waals surface area contributed by atoms with Crippen molar-refractivity contribution in [2.45, 2.75) is 87.0 Å². The quantitative estimate of drug-likeness (QED) is 0.357. The van der Waals surface area contributed by atoms with Gasteiger partial charge in [0.2, 0.25) is 11.8 Å². The lowest BCUT2D eigenvalue weighted by Crippen LogP contribution is -2.67. The van der Waals surface area contributed by atoms with Crippen LogP contribution >= 0.6 is 0 Å². The van der Waals surface area contributed by atoms with Crippen molar-refractivity contribution in [1.82, 2.24) is 30.4 Å². The Labute approximate surface area is 247 Å². The van der Waals surface area contributed by atoms with Gasteiger partial charge < -0.3 is 15.2 Å². The van der Waals surface area contributed by atoms with Gasteiger partial charge in [0, 0.05) is 37.1 Å². The molecule has 4 aliphatic carbocycles. The summed E-state index contributed by atoms with van der Waals surface area (Å²) < 4.78 is 88.7. The molecule has 2 bridgehead atoms. The highest BCUT2D eigenvalue weighted by molar-refractivity contribution is 5.95. The number of hydrogen-bond acceptors (Lipinski definition) is 6. The van der Waals surface area contributed by atoms with Gasteiger partial charge in [-0.25, -0.2) is 22.7 Å². The first kappa shape index (κ1) is 29.1. The average Bonchev–Trinajstić information content (AvgIpc) is 3.57. The van der Waals surface area contributed by atoms with Crippen molar-refractivity contribution >= 4 is 17.5 Å². The summed E-state index contributed by atoms with van der Waals surface area (Å²) in [6, 6.07) is 2.41. The molecule has 1 saturated heterocycles. The number of carbonyl (C=O) groups is 2. The number of hydrogen-bond donors (Lipinski definition) is 2. The minimum absolute atomic E-state index is 0.0160. The fourth-order valence-corrected chi connectivity index (χ4v) is 7.52. The Hall–Kier alpha value is -3.65. The Kier molecular flexibility index (Phi) is 6.56. The van der Waals surface area contributed by atoms with Crippen LogP contribution < -0.4 is 10.6 Å². The molecule has 4 saturated carbocycles. The topological polar surface area (TPSA) is 114 Å². The largest absolute Gasteiger partial charge is 0.393 e. The predicted octanol–water partition coefficient (Wildman–Crippen LogP) is 5.01. The van der Waals surface area contributed by atoms with E-state index in [1.165, 1.54) is 10.8 Å². The summed E-state index contributed by atoms with van der Waals surface area (Å²) >= 11 is 0. The van der Waals surface area contributed by atoms with Crippen molar-refractivity contribution < 1.29 is 40.5 Å². The maximum atomic E-state index is 14.2. The van der Waals surface area contributed by atoms with E-state index in [1.54, 1.807) is 18.3 Å². The van der Waals surface area contributed by atoms with E-state index in [4.69, 9.17) is 4.52 Å². The lowest BCUT2D eigenvalue weighted by molar-refractivity contribution is -0.183. The second kappa shape index (κ2) is 9.93. The van der Waals surface area contributed by atoms with Crippen LogP contribution in [0.25, 0.3) is 5.65 Å². The first-order valence-corrected chi connectivity index (χ1v) is 14.7. The van der Waals surface area contributed by atoms with E-state index in [0.717, 1.165) is 0 Å². The standard InChI is InChI=1S/C29H30F6N6O3/c30-27-12-26(13-27,14-27)23-19(11-44-40-23)25(43)38-22(15-3-5-28(31,32)6-4-15)20-10-41-21(37-20)2-1-18(39-41)8-16-7-17(29(33,34)35)9-36-24(16)42/h1-2,10-11,15-17,22H,3-9,12-14H2,(H,36,42)(H,38,43)/t16?,17-,22+,26?,27?/m1/s1. The van der Waals surface area contributed by atoms with E-state index in [1.807, 2.05) is 0 Å². The fourth-order valence-electron chi connectivity index (χ4n) is 7.52. The molecule has 0 spiro atoms. The lowest BCUT2D eigenvalue weighted by atomic mass is 9.41. The Bertz CT molecular complexity index is 1590. The second-order valence-electron chi connectivity index (χ2n) is 13.1. The molecule has 2 amide bonds. The third-order valence-electron chi connectivity index (χ3n) is 9.90. The van der Waals surface area contributed by atoms with Gasteiger partial charge in [0.25, 0.3) is 5.91 Å². The normalized spacial score (nSPS) is 30.7. The number of alkyl halides is 6. The van der Waals surface area contributed by atoms with Gasteiger partial charge in [0.15, 0.2) is 5.65 Å². The number of nitrogens with zero attached hydrogens (tertiary/aromatic N) is 4. The molecule has 0 aromatic carbocycles. The zero-order valence-corrected chi connectivity index (χ0v) is 23.5. The highest BCUT2D eigenvalue weighted by Crippen LogP contribution is 2.70. The Morgan fingerprint density at radius 1 is 1.16 bits per heavy atom. The lowest BCUT2D eigenvalue weighted by Gasteiger charge is -2.64. The number of nitrogens with one attached hydrogen (secondary N) is 2. The fraction of sp³-hybridized carbons (Fsp3) is 0.621. The van der Waals surface area contributed by atoms with E-state index < -0.39 is 59.4 Å². The van der Waals surface area contributed by atoms with Crippen LogP contribution in [0.15, 0.2) is 29.1 Å². The number of aromatic nitrogens is 4. The molecule has 236 valence electrons. The summed E-state index contributed by atoms with van der Waals surface area (Å²) in [6.45, 7) is -0.454. The van der Waals surface area contributed by atoms with Crippen LogP contribution in [0.3, 0.4) is 0 Å². The summed E-state index contributed by atoms with van der Waals surface area (Å²) in [6.07, 6.45) is -1.63. The molecule has 9 nitrogen and oxygen atoms in total. The zero-order valence-electron chi connectivity index (χ0n) is 23.5. The molecule has 44 heavy (non-hydrogen) atoms. The van der Waals surface area contributed by atoms with E-state index in [2.05, 4.69) is 25.9 Å². The number of fused-ring (bicyclic) bond motifs is 1. The van der Waals surface area contributed by atoms with Gasteiger partial charge in [0.1, 0.15) is 23.2 Å². The summed E-state index contributed by atoms with van der Waals surface area (Å²) in [5.41, 5.74) is -0.0634. The number of imidazole rings is 1. The van der Waals surface area contributed by atoms with E-state index >= 15 is 0 Å². The highest BCUT2D eigenvalue weighted by atomic mass is 19.4. The van der Waals surface area contributed by atoms with Crippen LogP contribution in [0.5, 0.6) is 0 Å². The molecule has 2 N–H and O–H groups in total. The molecule has 5 aliphatic rings. The maximum Gasteiger partial charge on any atom is 0.393 e. The molecular weight excluding hydrogens is 594 g/mol. The molecule has 3 aromatic rings. The Morgan fingerprint density at radius 2 is 1.89 bits per heavy atom. The SMILES string of the molecule is O=C(N[C@H](c1cn2nc(CC3C[C@@H](C(F)(F)F)CNC3=O)ccc2n1)C1CCC(F)(F)CC1)c1conc1C12CC(F)(C1)C2. The zero-order chi connectivity index (χ0) is 31.1. The molecule has 3 atom stereocenters. The average molecular weight is 625 g/mol. The third-order valence-corrected chi connectivity index (χ3v) is 9.90. The Balaban J connectivity index is 1.13. The number of amides is 2. The van der Waals surface area contributed by atoms with Crippen LogP contribution in [-0.4, -0.2) is 55.9 Å². The van der Waals surface area contributed by atoms with Crippen LogP contribution in [0, 0.1) is 17.8 Å². The van der Waals surface area contributed by atoms with Gasteiger partial charge in [-0.2, -0.15) is 18.3 Å². The minimum Gasteiger partial charge on any atom is -0.364 e. The smallest absolute Gasteiger partial charge is 0.364 e. The van der Waals surface area contributed by atoms with Gasteiger partial charge in [-0.1, -0.05) is 5.16 Å².